The van der Waals surface area contributed by atoms with Gasteiger partial charge in [0.2, 0.25) is 15.9 Å². The molecule has 3 aromatic carbocycles. The number of benzene rings is 3. The molecule has 0 unspecified atom stereocenters. The number of carbonyl (C=O) groups is 2. The number of nitrogens with zero attached hydrogens (tertiary/aromatic N) is 1. The van der Waals surface area contributed by atoms with Gasteiger partial charge in [0.25, 0.3) is 0 Å². The highest BCUT2D eigenvalue weighted by Gasteiger charge is 2.32. The van der Waals surface area contributed by atoms with Gasteiger partial charge >= 0.3 is 0 Å². The molecular weight excluding hydrogens is 412 g/mol. The number of ketones is 1. The molecule has 1 heterocycles. The number of sulfonamides is 1. The van der Waals surface area contributed by atoms with Crippen LogP contribution in [0.4, 0.5) is 5.69 Å². The predicted molar refractivity (Wildman–Crippen MR) is 121 cm³/mol. The fourth-order valence-corrected chi connectivity index (χ4v) is 5.37. The van der Waals surface area contributed by atoms with Gasteiger partial charge in [0.05, 0.1) is 4.90 Å². The maximum atomic E-state index is 13.1. The first-order chi connectivity index (χ1) is 14.8. The van der Waals surface area contributed by atoms with E-state index in [2.05, 4.69) is 5.32 Å². The first-order valence-corrected chi connectivity index (χ1v) is 11.7. The van der Waals surface area contributed by atoms with Crippen LogP contribution >= 0.6 is 0 Å². The van der Waals surface area contributed by atoms with Gasteiger partial charge in [-0.15, -0.1) is 0 Å². The monoisotopic (exact) mass is 436 g/mol. The lowest BCUT2D eigenvalue weighted by Gasteiger charge is -2.30. The summed E-state index contributed by atoms with van der Waals surface area (Å²) in [5, 5.41) is 4.74. The van der Waals surface area contributed by atoms with Crippen LogP contribution < -0.4 is 5.32 Å². The summed E-state index contributed by atoms with van der Waals surface area (Å²) in [6.07, 6.45) is 0.925. The molecule has 4 rings (SSSR count). The number of hydrogen-bond acceptors (Lipinski definition) is 4. The van der Waals surface area contributed by atoms with Crippen molar-refractivity contribution in [3.8, 4) is 0 Å². The number of carbonyl (C=O) groups excluding carboxylic acids is 2. The molecule has 0 spiro atoms. The van der Waals surface area contributed by atoms with Crippen LogP contribution in [0.3, 0.4) is 0 Å². The summed E-state index contributed by atoms with van der Waals surface area (Å²) >= 11 is 0. The molecule has 1 aliphatic heterocycles. The van der Waals surface area contributed by atoms with Crippen LogP contribution in [0, 0.1) is 5.92 Å². The van der Waals surface area contributed by atoms with Gasteiger partial charge < -0.3 is 5.32 Å². The summed E-state index contributed by atoms with van der Waals surface area (Å²) in [5.74, 6) is -0.410. The van der Waals surface area contributed by atoms with Gasteiger partial charge in [-0.05, 0) is 66.9 Å². The van der Waals surface area contributed by atoms with E-state index >= 15 is 0 Å². The first kappa shape index (κ1) is 21.2. The van der Waals surface area contributed by atoms with E-state index < -0.39 is 10.0 Å². The van der Waals surface area contributed by atoms with Crippen LogP contribution in [-0.4, -0.2) is 37.5 Å². The molecule has 0 atom stereocenters. The highest BCUT2D eigenvalue weighted by Crippen LogP contribution is 2.27. The lowest BCUT2D eigenvalue weighted by atomic mass is 9.97. The van der Waals surface area contributed by atoms with Gasteiger partial charge in [0.1, 0.15) is 0 Å². The minimum atomic E-state index is -3.60. The molecule has 0 bridgehead atoms. The number of amides is 1. The van der Waals surface area contributed by atoms with Crippen molar-refractivity contribution in [1.29, 1.82) is 0 Å². The molecule has 6 nitrogen and oxygen atoms in total. The molecule has 1 saturated heterocycles. The summed E-state index contributed by atoms with van der Waals surface area (Å²) in [6.45, 7) is 2.10. The summed E-state index contributed by atoms with van der Waals surface area (Å²) < 4.78 is 27.6. The quantitative estimate of drug-likeness (QED) is 0.611. The van der Waals surface area contributed by atoms with Crippen molar-refractivity contribution in [1.82, 2.24) is 4.31 Å². The Morgan fingerprint density at radius 1 is 0.903 bits per heavy atom. The molecule has 160 valence electrons. The zero-order chi connectivity index (χ0) is 22.0. The average molecular weight is 437 g/mol. The normalized spacial score (nSPS) is 15.6. The van der Waals surface area contributed by atoms with Crippen molar-refractivity contribution >= 4 is 38.2 Å². The Balaban J connectivity index is 1.40. The van der Waals surface area contributed by atoms with Gasteiger partial charge in [0.15, 0.2) is 5.78 Å². The molecule has 0 aliphatic carbocycles. The third-order valence-corrected chi connectivity index (χ3v) is 7.64. The van der Waals surface area contributed by atoms with Crippen LogP contribution in [0.5, 0.6) is 0 Å². The largest absolute Gasteiger partial charge is 0.326 e. The minimum Gasteiger partial charge on any atom is -0.326 e. The highest BCUT2D eigenvalue weighted by atomic mass is 32.2. The van der Waals surface area contributed by atoms with Gasteiger partial charge in [-0.1, -0.05) is 30.3 Å². The predicted octanol–water partition coefficient (Wildman–Crippen LogP) is 4.08. The number of fused-ring (bicyclic) bond motifs is 1. The average Bonchev–Trinajstić information content (AvgIpc) is 2.79. The van der Waals surface area contributed by atoms with Crippen molar-refractivity contribution in [2.45, 2.75) is 24.7 Å². The van der Waals surface area contributed by atoms with E-state index in [1.807, 2.05) is 30.3 Å². The number of hydrogen-bond donors (Lipinski definition) is 1. The van der Waals surface area contributed by atoms with Crippen molar-refractivity contribution in [3.63, 3.8) is 0 Å². The molecule has 0 radical (unpaired) electrons. The van der Waals surface area contributed by atoms with Gasteiger partial charge in [0, 0.05) is 30.3 Å². The number of anilines is 1. The Hall–Kier alpha value is -3.03. The van der Waals surface area contributed by atoms with Crippen LogP contribution in [0.1, 0.15) is 30.1 Å². The minimum absolute atomic E-state index is 0.0297. The smallest absolute Gasteiger partial charge is 0.243 e. The van der Waals surface area contributed by atoms with Crippen LogP contribution in [-0.2, 0) is 14.8 Å². The van der Waals surface area contributed by atoms with Gasteiger partial charge in [-0.2, -0.15) is 4.31 Å². The van der Waals surface area contributed by atoms with Crippen molar-refractivity contribution in [3.05, 3.63) is 72.3 Å². The second-order valence-electron chi connectivity index (χ2n) is 7.81. The number of piperidine rings is 1. The molecule has 1 amide bonds. The second-order valence-corrected chi connectivity index (χ2v) is 9.75. The molecule has 0 saturated carbocycles. The van der Waals surface area contributed by atoms with E-state index in [9.17, 15) is 18.0 Å². The second kappa shape index (κ2) is 8.61. The van der Waals surface area contributed by atoms with E-state index in [0.717, 1.165) is 10.8 Å². The van der Waals surface area contributed by atoms with Crippen molar-refractivity contribution < 1.29 is 18.0 Å². The van der Waals surface area contributed by atoms with Crippen LogP contribution in [0.15, 0.2) is 71.6 Å². The van der Waals surface area contributed by atoms with E-state index in [4.69, 9.17) is 0 Å². The summed E-state index contributed by atoms with van der Waals surface area (Å²) in [5.41, 5.74) is 1.21. The molecule has 3 aromatic rings. The van der Waals surface area contributed by atoms with Crippen LogP contribution in [0.2, 0.25) is 0 Å². The maximum absolute atomic E-state index is 13.1. The lowest BCUT2D eigenvalue weighted by molar-refractivity contribution is -0.120. The Labute approximate surface area is 181 Å². The Bertz CT molecular complexity index is 1230. The third-order valence-electron chi connectivity index (χ3n) is 5.74. The van der Waals surface area contributed by atoms with Crippen molar-refractivity contribution in [2.24, 2.45) is 5.92 Å². The lowest BCUT2D eigenvalue weighted by Crippen LogP contribution is -2.41. The molecule has 1 aliphatic rings. The van der Waals surface area contributed by atoms with Crippen LogP contribution in [0.25, 0.3) is 10.8 Å². The molecule has 0 aromatic heterocycles. The maximum Gasteiger partial charge on any atom is 0.243 e. The van der Waals surface area contributed by atoms with E-state index in [0.29, 0.717) is 37.2 Å². The first-order valence-electron chi connectivity index (χ1n) is 10.3. The summed E-state index contributed by atoms with van der Waals surface area (Å²) in [4.78, 5) is 24.3. The zero-order valence-electron chi connectivity index (χ0n) is 17.2. The van der Waals surface area contributed by atoms with Crippen molar-refractivity contribution in [2.75, 3.05) is 18.4 Å². The van der Waals surface area contributed by atoms with Gasteiger partial charge in [-0.3, -0.25) is 9.59 Å². The third kappa shape index (κ3) is 4.52. The topological polar surface area (TPSA) is 83.6 Å². The van der Waals surface area contributed by atoms with E-state index in [1.54, 1.807) is 36.4 Å². The molecule has 7 heteroatoms. The SMILES string of the molecule is CC(=O)c1ccc(NC(=O)C2CCN(S(=O)(=O)c3ccc4ccccc4c3)CC2)cc1. The highest BCUT2D eigenvalue weighted by molar-refractivity contribution is 7.89. The molecular formula is C24H24N2O4S. The summed E-state index contributed by atoms with van der Waals surface area (Å²) in [6, 6.07) is 19.6. The van der Waals surface area contributed by atoms with E-state index in [-0.39, 0.29) is 22.5 Å². The fourth-order valence-electron chi connectivity index (χ4n) is 3.87. The standard InChI is InChI=1S/C24H24N2O4S/c1-17(27)18-6-9-22(10-7-18)25-24(28)20-12-14-26(15-13-20)31(29,30)23-11-8-19-4-2-3-5-21(19)16-23/h2-11,16,20H,12-15H2,1H3,(H,25,28). The Morgan fingerprint density at radius 2 is 1.55 bits per heavy atom. The molecule has 1 N–H and O–H groups in total. The number of nitrogens with one attached hydrogen (secondary N) is 1. The van der Waals surface area contributed by atoms with Gasteiger partial charge in [-0.25, -0.2) is 8.42 Å². The summed E-state index contributed by atoms with van der Waals surface area (Å²) in [7, 11) is -3.60. The Kier molecular flexibility index (Phi) is 5.89. The molecule has 1 fully saturated rings. The van der Waals surface area contributed by atoms with E-state index in [1.165, 1.54) is 11.2 Å². The number of Topliss-reactive ketones (excluding diaryl/α,β-unsaturated/α-hetero) is 1. The number of rotatable bonds is 5. The Morgan fingerprint density at radius 3 is 2.19 bits per heavy atom. The zero-order valence-corrected chi connectivity index (χ0v) is 18.1. The fraction of sp³-hybridized carbons (Fsp3) is 0.250. The molecule has 31 heavy (non-hydrogen) atoms.